The van der Waals surface area contributed by atoms with Gasteiger partial charge in [-0.05, 0) is 37.3 Å². The normalized spacial score (nSPS) is 15.5. The summed E-state index contributed by atoms with van der Waals surface area (Å²) in [5.74, 6) is 0.330. The number of hydrogen-bond donors (Lipinski definition) is 2. The minimum atomic E-state index is -0.300. The van der Waals surface area contributed by atoms with Gasteiger partial charge in [0.05, 0.1) is 0 Å². The highest BCUT2D eigenvalue weighted by molar-refractivity contribution is 6.30. The zero-order valence-corrected chi connectivity index (χ0v) is 12.7. The van der Waals surface area contributed by atoms with Gasteiger partial charge in [0, 0.05) is 29.3 Å². The van der Waals surface area contributed by atoms with Crippen molar-refractivity contribution in [1.82, 2.24) is 10.5 Å². The molecule has 6 heteroatoms. The summed E-state index contributed by atoms with van der Waals surface area (Å²) in [6.45, 7) is 0.0611. The van der Waals surface area contributed by atoms with Crippen LogP contribution in [0.5, 0.6) is 0 Å². The quantitative estimate of drug-likeness (QED) is 0.858. The Balaban J connectivity index is 1.71. The molecule has 22 heavy (non-hydrogen) atoms. The van der Waals surface area contributed by atoms with Gasteiger partial charge in [0.15, 0.2) is 0 Å². The molecule has 116 valence electrons. The summed E-state index contributed by atoms with van der Waals surface area (Å²) in [6, 6.07) is 8.80. The molecule has 1 aliphatic rings. The predicted molar refractivity (Wildman–Crippen MR) is 82.6 cm³/mol. The highest BCUT2D eigenvalue weighted by atomic mass is 35.5. The van der Waals surface area contributed by atoms with Gasteiger partial charge >= 0.3 is 0 Å². The van der Waals surface area contributed by atoms with Crippen LogP contribution in [0.3, 0.4) is 0 Å². The molecule has 1 fully saturated rings. The largest absolute Gasteiger partial charge is 0.396 e. The summed E-state index contributed by atoms with van der Waals surface area (Å²) in [5, 5.41) is 16.5. The lowest BCUT2D eigenvalue weighted by Crippen LogP contribution is -2.36. The van der Waals surface area contributed by atoms with Gasteiger partial charge in [-0.3, -0.25) is 4.79 Å². The van der Waals surface area contributed by atoms with Crippen molar-refractivity contribution in [3.8, 4) is 11.3 Å². The number of aromatic nitrogens is 1. The maximum absolute atomic E-state index is 12.2. The molecule has 1 heterocycles. The molecular weight excluding hydrogens is 304 g/mol. The van der Waals surface area contributed by atoms with Crippen LogP contribution >= 0.6 is 11.6 Å². The molecule has 0 bridgehead atoms. The van der Waals surface area contributed by atoms with Crippen molar-refractivity contribution in [3.05, 3.63) is 41.1 Å². The van der Waals surface area contributed by atoms with Gasteiger partial charge in [0.2, 0.25) is 5.76 Å². The highest BCUT2D eigenvalue weighted by Gasteiger charge is 2.32. The lowest BCUT2D eigenvalue weighted by Gasteiger charge is -2.15. The number of nitrogens with one attached hydrogen (secondary N) is 1. The second kappa shape index (κ2) is 6.50. The molecule has 1 atom stereocenters. The van der Waals surface area contributed by atoms with Crippen molar-refractivity contribution in [3.63, 3.8) is 0 Å². The van der Waals surface area contributed by atoms with Gasteiger partial charge in [-0.1, -0.05) is 28.9 Å². The van der Waals surface area contributed by atoms with E-state index in [4.69, 9.17) is 21.2 Å². The zero-order chi connectivity index (χ0) is 15.5. The van der Waals surface area contributed by atoms with E-state index in [0.29, 0.717) is 23.1 Å². The number of rotatable bonds is 6. The van der Waals surface area contributed by atoms with E-state index in [0.717, 1.165) is 18.4 Å². The Bertz CT molecular complexity index is 667. The average molecular weight is 321 g/mol. The number of aliphatic hydroxyl groups is 1. The molecule has 0 aliphatic heterocycles. The Kier molecular flexibility index (Phi) is 4.45. The summed E-state index contributed by atoms with van der Waals surface area (Å²) in [7, 11) is 0. The Morgan fingerprint density at radius 1 is 1.45 bits per heavy atom. The third-order valence-corrected chi connectivity index (χ3v) is 4.04. The maximum Gasteiger partial charge on any atom is 0.290 e. The molecule has 2 N–H and O–H groups in total. The van der Waals surface area contributed by atoms with Crippen LogP contribution in [0.2, 0.25) is 5.02 Å². The molecule has 0 saturated heterocycles. The van der Waals surface area contributed by atoms with E-state index < -0.39 is 0 Å². The predicted octanol–water partition coefficient (Wildman–Crippen LogP) is 2.89. The molecule has 0 spiro atoms. The van der Waals surface area contributed by atoms with Crippen molar-refractivity contribution >= 4 is 17.5 Å². The van der Waals surface area contributed by atoms with Crippen LogP contribution in [0.15, 0.2) is 34.9 Å². The number of carbonyl (C=O) groups excluding carboxylic acids is 1. The fourth-order valence-electron chi connectivity index (χ4n) is 2.47. The van der Waals surface area contributed by atoms with Crippen molar-refractivity contribution in [2.24, 2.45) is 5.92 Å². The summed E-state index contributed by atoms with van der Waals surface area (Å²) in [4.78, 5) is 12.2. The molecule has 1 aromatic heterocycles. The molecule has 3 rings (SSSR count). The van der Waals surface area contributed by atoms with Crippen LogP contribution in [0.4, 0.5) is 0 Å². The van der Waals surface area contributed by atoms with E-state index in [9.17, 15) is 4.79 Å². The van der Waals surface area contributed by atoms with Crippen LogP contribution in [0, 0.1) is 5.92 Å². The van der Waals surface area contributed by atoms with Gasteiger partial charge in [-0.2, -0.15) is 0 Å². The van der Waals surface area contributed by atoms with Crippen LogP contribution in [-0.4, -0.2) is 28.8 Å². The topological polar surface area (TPSA) is 75.4 Å². The van der Waals surface area contributed by atoms with E-state index in [1.54, 1.807) is 18.2 Å². The van der Waals surface area contributed by atoms with E-state index in [-0.39, 0.29) is 24.3 Å². The van der Waals surface area contributed by atoms with E-state index in [1.165, 1.54) is 0 Å². The Hall–Kier alpha value is -1.85. The molecule has 2 aromatic rings. The Labute approximate surface area is 133 Å². The number of amides is 1. The van der Waals surface area contributed by atoms with E-state index in [1.807, 2.05) is 12.1 Å². The first-order valence-corrected chi connectivity index (χ1v) is 7.69. The molecular formula is C16H17ClN2O3. The van der Waals surface area contributed by atoms with Gasteiger partial charge in [-0.15, -0.1) is 0 Å². The van der Waals surface area contributed by atoms with E-state index >= 15 is 0 Å². The van der Waals surface area contributed by atoms with Crippen molar-refractivity contribution in [2.45, 2.75) is 25.3 Å². The smallest absolute Gasteiger partial charge is 0.290 e. The lowest BCUT2D eigenvalue weighted by atomic mass is 10.1. The van der Waals surface area contributed by atoms with Crippen LogP contribution in [0.25, 0.3) is 11.3 Å². The summed E-state index contributed by atoms with van der Waals surface area (Å²) in [5.41, 5.74) is 1.36. The SMILES string of the molecule is O=C(NC(CCO)C1CC1)c1cc(-c2cccc(Cl)c2)no1. The first-order chi connectivity index (χ1) is 10.7. The van der Waals surface area contributed by atoms with Crippen LogP contribution in [0.1, 0.15) is 29.8 Å². The number of benzene rings is 1. The minimum Gasteiger partial charge on any atom is -0.396 e. The molecule has 1 amide bonds. The lowest BCUT2D eigenvalue weighted by molar-refractivity contribution is 0.0887. The van der Waals surface area contributed by atoms with Crippen molar-refractivity contribution in [2.75, 3.05) is 6.61 Å². The summed E-state index contributed by atoms with van der Waals surface area (Å²) < 4.78 is 5.13. The standard InChI is InChI=1S/C16H17ClN2O3/c17-12-3-1-2-11(8-12)14-9-15(22-19-14)16(21)18-13(6-7-20)10-4-5-10/h1-3,8-10,13,20H,4-7H2,(H,18,21). The van der Waals surface area contributed by atoms with Gasteiger partial charge < -0.3 is 14.9 Å². The Morgan fingerprint density at radius 2 is 2.27 bits per heavy atom. The van der Waals surface area contributed by atoms with Gasteiger partial charge in [0.1, 0.15) is 5.69 Å². The molecule has 1 unspecified atom stereocenters. The zero-order valence-electron chi connectivity index (χ0n) is 12.0. The molecule has 0 radical (unpaired) electrons. The van der Waals surface area contributed by atoms with Crippen LogP contribution in [-0.2, 0) is 0 Å². The van der Waals surface area contributed by atoms with Crippen molar-refractivity contribution < 1.29 is 14.4 Å². The Morgan fingerprint density at radius 3 is 2.95 bits per heavy atom. The number of hydrogen-bond acceptors (Lipinski definition) is 4. The third kappa shape index (κ3) is 3.48. The molecule has 5 nitrogen and oxygen atoms in total. The second-order valence-electron chi connectivity index (χ2n) is 5.52. The number of nitrogens with zero attached hydrogens (tertiary/aromatic N) is 1. The number of aliphatic hydroxyl groups excluding tert-OH is 1. The summed E-state index contributed by atoms with van der Waals surface area (Å²) in [6.07, 6.45) is 2.75. The van der Waals surface area contributed by atoms with Gasteiger partial charge in [-0.25, -0.2) is 0 Å². The monoisotopic (exact) mass is 320 g/mol. The fraction of sp³-hybridized carbons (Fsp3) is 0.375. The average Bonchev–Trinajstić information content (AvgIpc) is 3.23. The highest BCUT2D eigenvalue weighted by Crippen LogP contribution is 2.34. The second-order valence-corrected chi connectivity index (χ2v) is 5.95. The first-order valence-electron chi connectivity index (χ1n) is 7.32. The third-order valence-electron chi connectivity index (χ3n) is 3.80. The maximum atomic E-state index is 12.2. The van der Waals surface area contributed by atoms with Gasteiger partial charge in [0.25, 0.3) is 5.91 Å². The summed E-state index contributed by atoms with van der Waals surface area (Å²) >= 11 is 5.95. The molecule has 1 saturated carbocycles. The van der Waals surface area contributed by atoms with Crippen LogP contribution < -0.4 is 5.32 Å². The van der Waals surface area contributed by atoms with E-state index in [2.05, 4.69) is 10.5 Å². The minimum absolute atomic E-state index is 0.00257. The van der Waals surface area contributed by atoms with Crippen molar-refractivity contribution in [1.29, 1.82) is 0 Å². The fourth-order valence-corrected chi connectivity index (χ4v) is 2.66. The number of carbonyl (C=O) groups is 1. The number of halogens is 1. The molecule has 1 aromatic carbocycles. The molecule has 1 aliphatic carbocycles. The first kappa shape index (κ1) is 15.1.